The van der Waals surface area contributed by atoms with Crippen LogP contribution in [0.15, 0.2) is 40.8 Å². The summed E-state index contributed by atoms with van der Waals surface area (Å²) in [6.45, 7) is 8.61. The minimum absolute atomic E-state index is 0.142. The smallest absolute Gasteiger partial charge is 0.349 e. The number of hydrogen-bond acceptors (Lipinski definition) is 5. The van der Waals surface area contributed by atoms with Crippen molar-refractivity contribution in [1.82, 2.24) is 4.57 Å². The van der Waals surface area contributed by atoms with Crippen LogP contribution in [0.25, 0.3) is 6.08 Å². The van der Waals surface area contributed by atoms with E-state index in [9.17, 15) is 14.9 Å². The molecule has 2 aromatic rings. The van der Waals surface area contributed by atoms with Crippen LogP contribution >= 0.6 is 11.8 Å². The number of nitrogens with zero attached hydrogens (tertiary/aromatic N) is 2. The highest BCUT2D eigenvalue weighted by Crippen LogP contribution is 2.21. The van der Waals surface area contributed by atoms with Crippen molar-refractivity contribution in [1.29, 1.82) is 5.26 Å². The molecule has 0 saturated carbocycles. The second-order valence-corrected chi connectivity index (χ2v) is 8.24. The molecule has 0 aliphatic heterocycles. The molecule has 1 amide bonds. The van der Waals surface area contributed by atoms with Crippen molar-refractivity contribution in [2.45, 2.75) is 39.1 Å². The molecule has 0 spiro atoms. The summed E-state index contributed by atoms with van der Waals surface area (Å²) in [5.74, 6) is -0.810. The van der Waals surface area contributed by atoms with E-state index < -0.39 is 18.5 Å². The Kier molecular flexibility index (Phi) is 8.31. The number of carbonyl (C=O) groups is 2. The highest BCUT2D eigenvalue weighted by atomic mass is 32.2. The lowest BCUT2D eigenvalue weighted by atomic mass is 10.1. The number of anilines is 1. The number of thioether (sulfide) groups is 1. The average Bonchev–Trinajstić information content (AvgIpc) is 2.97. The molecule has 0 atom stereocenters. The van der Waals surface area contributed by atoms with E-state index in [2.05, 4.69) is 23.7 Å². The maximum atomic E-state index is 12.3. The number of carbonyl (C=O) groups excluding carboxylic acids is 2. The van der Waals surface area contributed by atoms with Crippen molar-refractivity contribution in [2.24, 2.45) is 5.92 Å². The predicted molar refractivity (Wildman–Crippen MR) is 120 cm³/mol. The summed E-state index contributed by atoms with van der Waals surface area (Å²) in [6, 6.07) is 11.2. The molecule has 1 aromatic carbocycles. The molecule has 0 saturated heterocycles. The Hall–Kier alpha value is -2.98. The van der Waals surface area contributed by atoms with E-state index in [-0.39, 0.29) is 5.57 Å². The van der Waals surface area contributed by atoms with Gasteiger partial charge in [-0.2, -0.15) is 5.26 Å². The first kappa shape index (κ1) is 23.3. The van der Waals surface area contributed by atoms with Crippen LogP contribution < -0.4 is 5.32 Å². The van der Waals surface area contributed by atoms with Crippen molar-refractivity contribution >= 4 is 35.4 Å². The Bertz CT molecular complexity index is 1000. The second-order valence-electron chi connectivity index (χ2n) is 7.36. The summed E-state index contributed by atoms with van der Waals surface area (Å²) in [5.41, 5.74) is 3.31. The summed E-state index contributed by atoms with van der Waals surface area (Å²) in [4.78, 5) is 25.4. The first-order chi connectivity index (χ1) is 14.2. The summed E-state index contributed by atoms with van der Waals surface area (Å²) >= 11 is 1.56. The van der Waals surface area contributed by atoms with Gasteiger partial charge in [0.25, 0.3) is 5.91 Å². The third-order valence-electron chi connectivity index (χ3n) is 4.49. The van der Waals surface area contributed by atoms with Gasteiger partial charge in [0.15, 0.2) is 6.61 Å². The molecule has 2 rings (SSSR count). The largest absolute Gasteiger partial charge is 0.451 e. The van der Waals surface area contributed by atoms with Crippen molar-refractivity contribution in [3.63, 3.8) is 0 Å². The molecule has 0 aliphatic carbocycles. The number of nitrogens with one attached hydrogen (secondary N) is 1. The van der Waals surface area contributed by atoms with Crippen LogP contribution in [-0.4, -0.2) is 29.3 Å². The highest BCUT2D eigenvalue weighted by Gasteiger charge is 2.16. The standard InChI is InChI=1S/C23H27N3O3S/c1-15(2)13-26-16(3)9-18(17(26)4)10-19(12-24)23(28)29-14-22(27)25-20-7-6-8-21(11-20)30-5/h6-11,15H,13-14H2,1-5H3,(H,25,27)/b19-10+. The maximum absolute atomic E-state index is 12.3. The van der Waals surface area contributed by atoms with Crippen LogP contribution in [0, 0.1) is 31.1 Å². The Morgan fingerprint density at radius 2 is 2.03 bits per heavy atom. The van der Waals surface area contributed by atoms with Crippen LogP contribution in [0.2, 0.25) is 0 Å². The zero-order valence-electron chi connectivity index (χ0n) is 18.0. The molecule has 158 valence electrons. The third kappa shape index (κ3) is 6.26. The molecule has 0 unspecified atom stereocenters. The second kappa shape index (κ2) is 10.7. The molecule has 0 fully saturated rings. The van der Waals surface area contributed by atoms with Gasteiger partial charge in [-0.1, -0.05) is 19.9 Å². The van der Waals surface area contributed by atoms with Gasteiger partial charge in [0.2, 0.25) is 0 Å². The molecule has 6 nitrogen and oxygen atoms in total. The topological polar surface area (TPSA) is 84.1 Å². The summed E-state index contributed by atoms with van der Waals surface area (Å²) in [6.07, 6.45) is 3.46. The summed E-state index contributed by atoms with van der Waals surface area (Å²) < 4.78 is 7.21. The number of esters is 1. The number of rotatable bonds is 8. The van der Waals surface area contributed by atoms with Gasteiger partial charge in [-0.3, -0.25) is 4.79 Å². The van der Waals surface area contributed by atoms with E-state index in [1.807, 2.05) is 50.4 Å². The normalized spacial score (nSPS) is 11.3. The van der Waals surface area contributed by atoms with Gasteiger partial charge in [-0.15, -0.1) is 11.8 Å². The lowest BCUT2D eigenvalue weighted by Gasteiger charge is -2.12. The van der Waals surface area contributed by atoms with Gasteiger partial charge in [0.05, 0.1) is 0 Å². The molecular formula is C23H27N3O3S. The minimum atomic E-state index is -0.820. The van der Waals surface area contributed by atoms with Crippen molar-refractivity contribution < 1.29 is 14.3 Å². The highest BCUT2D eigenvalue weighted by molar-refractivity contribution is 7.98. The fourth-order valence-corrected chi connectivity index (χ4v) is 3.48. The van der Waals surface area contributed by atoms with Crippen LogP contribution in [0.3, 0.4) is 0 Å². The van der Waals surface area contributed by atoms with Crippen molar-refractivity contribution in [3.05, 3.63) is 52.9 Å². The van der Waals surface area contributed by atoms with Gasteiger partial charge in [-0.25, -0.2) is 4.79 Å². The molecule has 0 bridgehead atoms. The zero-order chi connectivity index (χ0) is 22.3. The molecule has 7 heteroatoms. The van der Waals surface area contributed by atoms with Crippen molar-refractivity contribution in [3.8, 4) is 6.07 Å². The number of amides is 1. The van der Waals surface area contributed by atoms with Gasteiger partial charge in [-0.05, 0) is 61.9 Å². The zero-order valence-corrected chi connectivity index (χ0v) is 18.8. The Morgan fingerprint density at radius 1 is 1.30 bits per heavy atom. The molecule has 1 N–H and O–H groups in total. The van der Waals surface area contributed by atoms with E-state index in [0.29, 0.717) is 11.6 Å². The van der Waals surface area contributed by atoms with Crippen LogP contribution in [0.5, 0.6) is 0 Å². The first-order valence-corrected chi connectivity index (χ1v) is 10.9. The average molecular weight is 426 g/mol. The quantitative estimate of drug-likeness (QED) is 0.290. The van der Waals surface area contributed by atoms with Gasteiger partial charge >= 0.3 is 5.97 Å². The maximum Gasteiger partial charge on any atom is 0.349 e. The van der Waals surface area contributed by atoms with Crippen LogP contribution in [0.4, 0.5) is 5.69 Å². The van der Waals surface area contributed by atoms with Gasteiger partial charge in [0, 0.05) is 28.5 Å². The molecule has 0 radical (unpaired) electrons. The number of hydrogen-bond donors (Lipinski definition) is 1. The van der Waals surface area contributed by atoms with Crippen LogP contribution in [-0.2, 0) is 20.9 Å². The molecular weight excluding hydrogens is 398 g/mol. The lowest BCUT2D eigenvalue weighted by Crippen LogP contribution is -2.21. The monoisotopic (exact) mass is 425 g/mol. The third-order valence-corrected chi connectivity index (χ3v) is 5.21. The van der Waals surface area contributed by atoms with Crippen molar-refractivity contribution in [2.75, 3.05) is 18.2 Å². The Morgan fingerprint density at radius 3 is 2.67 bits per heavy atom. The lowest BCUT2D eigenvalue weighted by molar-refractivity contribution is -0.142. The predicted octanol–water partition coefficient (Wildman–Crippen LogP) is 4.57. The Balaban J connectivity index is 2.04. The van der Waals surface area contributed by atoms with E-state index in [1.54, 1.807) is 17.8 Å². The SMILES string of the molecule is CSc1cccc(NC(=O)COC(=O)/C(C#N)=C/c2cc(C)n(CC(C)C)c2C)c1. The number of nitriles is 1. The Labute approximate surface area is 181 Å². The first-order valence-electron chi connectivity index (χ1n) is 9.64. The number of aromatic nitrogens is 1. The fraction of sp³-hybridized carbons (Fsp3) is 0.348. The minimum Gasteiger partial charge on any atom is -0.451 e. The van der Waals surface area contributed by atoms with Gasteiger partial charge in [0.1, 0.15) is 11.6 Å². The number of benzene rings is 1. The summed E-state index contributed by atoms with van der Waals surface area (Å²) in [5, 5.41) is 12.1. The molecule has 1 aromatic heterocycles. The number of ether oxygens (including phenoxy) is 1. The van der Waals surface area contributed by atoms with Crippen LogP contribution in [0.1, 0.15) is 30.8 Å². The fourth-order valence-electron chi connectivity index (χ4n) is 3.02. The van der Waals surface area contributed by atoms with E-state index >= 15 is 0 Å². The summed E-state index contributed by atoms with van der Waals surface area (Å²) in [7, 11) is 0. The molecule has 0 aliphatic rings. The van der Waals surface area contributed by atoms with Gasteiger partial charge < -0.3 is 14.6 Å². The van der Waals surface area contributed by atoms with E-state index in [1.165, 1.54) is 6.08 Å². The molecule has 1 heterocycles. The van der Waals surface area contributed by atoms with E-state index in [0.717, 1.165) is 28.4 Å². The van der Waals surface area contributed by atoms with E-state index in [4.69, 9.17) is 4.74 Å². The number of aryl methyl sites for hydroxylation is 1. The molecule has 30 heavy (non-hydrogen) atoms.